The largest absolute Gasteiger partial charge is 0.324 e. The molecule has 7 heteroatoms. The van der Waals surface area contributed by atoms with Gasteiger partial charge in [0.2, 0.25) is 11.8 Å². The van der Waals surface area contributed by atoms with Crippen molar-refractivity contribution in [2.75, 3.05) is 23.7 Å². The summed E-state index contributed by atoms with van der Waals surface area (Å²) in [5.41, 5.74) is 2.34. The standard InChI is InChI=1S/C22H25F2N3O2/c1-14-5-3-6-15(2)21(14)26-20(29)13-27(16-9-10-16)12-11-19(28)25-22-17(23)7-4-8-18(22)24/h3-8,16H,9-13H2,1-2H3,(H,25,28)(H,26,29). The van der Waals surface area contributed by atoms with E-state index in [0.717, 1.165) is 41.8 Å². The fourth-order valence-electron chi connectivity index (χ4n) is 3.27. The van der Waals surface area contributed by atoms with E-state index in [1.54, 1.807) is 0 Å². The molecule has 29 heavy (non-hydrogen) atoms. The third-order valence-electron chi connectivity index (χ3n) is 5.01. The van der Waals surface area contributed by atoms with Crippen LogP contribution in [0.15, 0.2) is 36.4 Å². The second kappa shape index (κ2) is 9.13. The molecule has 0 saturated heterocycles. The van der Waals surface area contributed by atoms with Crippen molar-refractivity contribution >= 4 is 23.2 Å². The van der Waals surface area contributed by atoms with E-state index in [0.29, 0.717) is 6.54 Å². The molecule has 0 radical (unpaired) electrons. The van der Waals surface area contributed by atoms with E-state index in [4.69, 9.17) is 0 Å². The average Bonchev–Trinajstić information content (AvgIpc) is 3.50. The number of nitrogens with one attached hydrogen (secondary N) is 2. The molecule has 1 aliphatic carbocycles. The average molecular weight is 401 g/mol. The topological polar surface area (TPSA) is 61.4 Å². The van der Waals surface area contributed by atoms with Gasteiger partial charge in [0.25, 0.3) is 0 Å². The number of hydrogen-bond acceptors (Lipinski definition) is 3. The molecule has 0 spiro atoms. The summed E-state index contributed by atoms with van der Waals surface area (Å²) >= 11 is 0. The van der Waals surface area contributed by atoms with Gasteiger partial charge in [0.05, 0.1) is 6.54 Å². The van der Waals surface area contributed by atoms with Crippen LogP contribution in [-0.2, 0) is 9.59 Å². The maximum Gasteiger partial charge on any atom is 0.238 e. The summed E-state index contributed by atoms with van der Waals surface area (Å²) in [6.07, 6.45) is 1.99. The van der Waals surface area contributed by atoms with Crippen LogP contribution in [0.25, 0.3) is 0 Å². The van der Waals surface area contributed by atoms with Gasteiger partial charge in [-0.15, -0.1) is 0 Å². The Balaban J connectivity index is 1.55. The van der Waals surface area contributed by atoms with Crippen molar-refractivity contribution in [3.8, 4) is 0 Å². The summed E-state index contributed by atoms with van der Waals surface area (Å²) < 4.78 is 27.3. The zero-order valence-corrected chi connectivity index (χ0v) is 16.6. The first-order chi connectivity index (χ1) is 13.8. The molecular formula is C22H25F2N3O2. The molecule has 0 heterocycles. The highest BCUT2D eigenvalue weighted by atomic mass is 19.1. The van der Waals surface area contributed by atoms with Gasteiger partial charge >= 0.3 is 0 Å². The van der Waals surface area contributed by atoms with Crippen molar-refractivity contribution in [1.29, 1.82) is 0 Å². The van der Waals surface area contributed by atoms with Crippen molar-refractivity contribution in [3.05, 3.63) is 59.2 Å². The molecule has 2 amide bonds. The lowest BCUT2D eigenvalue weighted by Gasteiger charge is -2.22. The first-order valence-electron chi connectivity index (χ1n) is 9.69. The highest BCUT2D eigenvalue weighted by Crippen LogP contribution is 2.27. The molecule has 1 saturated carbocycles. The van der Waals surface area contributed by atoms with Gasteiger partial charge in [-0.25, -0.2) is 8.78 Å². The summed E-state index contributed by atoms with van der Waals surface area (Å²) in [6, 6.07) is 9.50. The lowest BCUT2D eigenvalue weighted by atomic mass is 10.1. The van der Waals surface area contributed by atoms with Crippen LogP contribution in [0.4, 0.5) is 20.2 Å². The summed E-state index contributed by atoms with van der Waals surface area (Å²) in [5.74, 6) is -2.26. The number of halogens is 2. The van der Waals surface area contributed by atoms with E-state index in [2.05, 4.69) is 10.6 Å². The number of aryl methyl sites for hydroxylation is 2. The van der Waals surface area contributed by atoms with E-state index in [-0.39, 0.29) is 24.9 Å². The van der Waals surface area contributed by atoms with Crippen molar-refractivity contribution in [2.45, 2.75) is 39.2 Å². The Hall–Kier alpha value is -2.80. The van der Waals surface area contributed by atoms with E-state index >= 15 is 0 Å². The first-order valence-corrected chi connectivity index (χ1v) is 9.69. The van der Waals surface area contributed by atoms with Crippen LogP contribution in [0, 0.1) is 25.5 Å². The Kier molecular flexibility index (Phi) is 6.59. The maximum absolute atomic E-state index is 13.7. The van der Waals surface area contributed by atoms with Gasteiger partial charge in [-0.2, -0.15) is 0 Å². The molecule has 0 aromatic heterocycles. The van der Waals surface area contributed by atoms with Crippen LogP contribution in [0.2, 0.25) is 0 Å². The molecule has 1 fully saturated rings. The van der Waals surface area contributed by atoms with Gasteiger partial charge in [0, 0.05) is 24.7 Å². The minimum Gasteiger partial charge on any atom is -0.324 e. The predicted molar refractivity (Wildman–Crippen MR) is 109 cm³/mol. The molecule has 3 rings (SSSR count). The molecule has 2 aromatic rings. The van der Waals surface area contributed by atoms with Crippen LogP contribution in [0.5, 0.6) is 0 Å². The Bertz CT molecular complexity index is 872. The van der Waals surface area contributed by atoms with E-state index < -0.39 is 23.2 Å². The van der Waals surface area contributed by atoms with Crippen LogP contribution >= 0.6 is 0 Å². The van der Waals surface area contributed by atoms with Crippen molar-refractivity contribution < 1.29 is 18.4 Å². The van der Waals surface area contributed by atoms with Crippen LogP contribution < -0.4 is 10.6 Å². The summed E-state index contributed by atoms with van der Waals surface area (Å²) in [7, 11) is 0. The molecule has 0 atom stereocenters. The normalized spacial score (nSPS) is 13.4. The molecule has 0 unspecified atom stereocenters. The third kappa shape index (κ3) is 5.60. The zero-order chi connectivity index (χ0) is 21.0. The number of hydrogen-bond donors (Lipinski definition) is 2. The van der Waals surface area contributed by atoms with Gasteiger partial charge in [-0.3, -0.25) is 14.5 Å². The number of carbonyl (C=O) groups excluding carboxylic acids is 2. The predicted octanol–water partition coefficient (Wildman–Crippen LogP) is 4.01. The molecule has 0 bridgehead atoms. The minimum atomic E-state index is -0.814. The molecule has 5 nitrogen and oxygen atoms in total. The van der Waals surface area contributed by atoms with Crippen molar-refractivity contribution in [3.63, 3.8) is 0 Å². The van der Waals surface area contributed by atoms with Gasteiger partial charge in [0.15, 0.2) is 0 Å². The van der Waals surface area contributed by atoms with Gasteiger partial charge in [-0.1, -0.05) is 24.3 Å². The fraction of sp³-hybridized carbons (Fsp3) is 0.364. The van der Waals surface area contributed by atoms with Crippen LogP contribution in [0.3, 0.4) is 0 Å². The molecule has 1 aliphatic rings. The first kappa shape index (κ1) is 20.9. The number of rotatable bonds is 8. The molecular weight excluding hydrogens is 376 g/mol. The van der Waals surface area contributed by atoms with Crippen molar-refractivity contribution in [1.82, 2.24) is 4.90 Å². The third-order valence-corrected chi connectivity index (χ3v) is 5.01. The van der Waals surface area contributed by atoms with Crippen LogP contribution in [-0.4, -0.2) is 35.8 Å². The van der Waals surface area contributed by atoms with E-state index in [9.17, 15) is 18.4 Å². The van der Waals surface area contributed by atoms with Gasteiger partial charge in [-0.05, 0) is 49.9 Å². The lowest BCUT2D eigenvalue weighted by molar-refractivity contribution is -0.119. The molecule has 2 N–H and O–H groups in total. The second-order valence-corrected chi connectivity index (χ2v) is 7.41. The SMILES string of the molecule is Cc1cccc(C)c1NC(=O)CN(CCC(=O)Nc1c(F)cccc1F)C1CC1. The molecule has 2 aromatic carbocycles. The number of amides is 2. The van der Waals surface area contributed by atoms with E-state index in [1.165, 1.54) is 6.07 Å². The smallest absolute Gasteiger partial charge is 0.238 e. The number of carbonyl (C=O) groups is 2. The van der Waals surface area contributed by atoms with E-state index in [1.807, 2.05) is 36.9 Å². The van der Waals surface area contributed by atoms with Gasteiger partial charge < -0.3 is 10.6 Å². The number of benzene rings is 2. The highest BCUT2D eigenvalue weighted by molar-refractivity contribution is 5.94. The van der Waals surface area contributed by atoms with Crippen molar-refractivity contribution in [2.24, 2.45) is 0 Å². The molecule has 0 aliphatic heterocycles. The zero-order valence-electron chi connectivity index (χ0n) is 16.6. The Morgan fingerprint density at radius 2 is 1.48 bits per heavy atom. The fourth-order valence-corrected chi connectivity index (χ4v) is 3.27. The lowest BCUT2D eigenvalue weighted by Crippen LogP contribution is -2.37. The number of anilines is 2. The van der Waals surface area contributed by atoms with Gasteiger partial charge in [0.1, 0.15) is 17.3 Å². The summed E-state index contributed by atoms with van der Waals surface area (Å²) in [6.45, 7) is 4.38. The number of nitrogens with zero attached hydrogens (tertiary/aromatic N) is 1. The minimum absolute atomic E-state index is 0.0426. The molecule has 154 valence electrons. The summed E-state index contributed by atoms with van der Waals surface area (Å²) in [5, 5.41) is 5.24. The summed E-state index contributed by atoms with van der Waals surface area (Å²) in [4.78, 5) is 26.6. The quantitative estimate of drug-likeness (QED) is 0.703. The Labute approximate surface area is 169 Å². The Morgan fingerprint density at radius 3 is 2.07 bits per heavy atom. The van der Waals surface area contributed by atoms with Crippen LogP contribution in [0.1, 0.15) is 30.4 Å². The Morgan fingerprint density at radius 1 is 0.931 bits per heavy atom. The maximum atomic E-state index is 13.7. The number of para-hydroxylation sites is 2. The monoisotopic (exact) mass is 401 g/mol. The second-order valence-electron chi connectivity index (χ2n) is 7.41. The highest BCUT2D eigenvalue weighted by Gasteiger charge is 2.30.